The van der Waals surface area contributed by atoms with Gasteiger partial charge < -0.3 is 10.2 Å². The van der Waals surface area contributed by atoms with Crippen LogP contribution in [0.2, 0.25) is 0 Å². The number of aromatic carboxylic acids is 2. The first-order valence-electron chi connectivity index (χ1n) is 5.65. The predicted molar refractivity (Wildman–Crippen MR) is 71.0 cm³/mol. The Morgan fingerprint density at radius 1 is 0.667 bits per heavy atom. The molecule has 0 saturated carbocycles. The standard InChI is InChI=1S/C14H10N2O4.Cu/c17-13(18)9-1-5-11(6-2-9)15-16-12-7-3-10(4-8-12)14(19)20;/h1-8H,(H,17,18)(H,19,20);. The molecule has 21 heavy (non-hydrogen) atoms. The van der Waals surface area contributed by atoms with Crippen molar-refractivity contribution in [2.75, 3.05) is 0 Å². The molecule has 7 heteroatoms. The third-order valence-corrected chi connectivity index (χ3v) is 2.51. The van der Waals surface area contributed by atoms with Crippen LogP contribution in [-0.4, -0.2) is 22.2 Å². The van der Waals surface area contributed by atoms with E-state index < -0.39 is 11.9 Å². The second-order valence-corrected chi connectivity index (χ2v) is 3.90. The summed E-state index contributed by atoms with van der Waals surface area (Å²) < 4.78 is 0. The van der Waals surface area contributed by atoms with E-state index in [-0.39, 0.29) is 28.2 Å². The Labute approximate surface area is 130 Å². The summed E-state index contributed by atoms with van der Waals surface area (Å²) in [5.74, 6) is -2.00. The fourth-order valence-electron chi connectivity index (χ4n) is 1.46. The second kappa shape index (κ2) is 7.33. The van der Waals surface area contributed by atoms with Crippen molar-refractivity contribution in [1.29, 1.82) is 0 Å². The largest absolute Gasteiger partial charge is 0.478 e. The van der Waals surface area contributed by atoms with Gasteiger partial charge >= 0.3 is 11.9 Å². The van der Waals surface area contributed by atoms with Crippen molar-refractivity contribution in [2.24, 2.45) is 10.2 Å². The fourth-order valence-corrected chi connectivity index (χ4v) is 1.46. The molecular formula is C14H10CuN2O4. The van der Waals surface area contributed by atoms with Gasteiger partial charge in [-0.1, -0.05) is 0 Å². The molecule has 0 atom stereocenters. The maximum Gasteiger partial charge on any atom is 0.335 e. The molecule has 0 aliphatic carbocycles. The maximum absolute atomic E-state index is 10.7. The van der Waals surface area contributed by atoms with E-state index in [2.05, 4.69) is 10.2 Å². The zero-order chi connectivity index (χ0) is 14.5. The topological polar surface area (TPSA) is 99.3 Å². The SMILES string of the molecule is O=C(O)c1ccc(N=Nc2ccc(C(=O)O)cc2)cc1.[Cu]. The van der Waals surface area contributed by atoms with E-state index >= 15 is 0 Å². The third kappa shape index (κ3) is 4.52. The molecule has 2 aromatic rings. The monoisotopic (exact) mass is 333 g/mol. The van der Waals surface area contributed by atoms with Gasteiger partial charge in [-0.15, -0.1) is 0 Å². The Bertz CT molecular complexity index is 607. The van der Waals surface area contributed by atoms with Crippen molar-refractivity contribution in [2.45, 2.75) is 0 Å². The molecule has 2 rings (SSSR count). The number of carboxylic acid groups (broad SMARTS) is 2. The molecule has 0 fully saturated rings. The maximum atomic E-state index is 10.7. The third-order valence-electron chi connectivity index (χ3n) is 2.51. The average Bonchev–Trinajstić information content (AvgIpc) is 2.46. The predicted octanol–water partition coefficient (Wildman–Crippen LogP) is 3.50. The van der Waals surface area contributed by atoms with E-state index in [1.165, 1.54) is 24.3 Å². The minimum Gasteiger partial charge on any atom is -0.478 e. The number of nitrogens with zero attached hydrogens (tertiary/aromatic N) is 2. The van der Waals surface area contributed by atoms with Gasteiger partial charge in [-0.05, 0) is 48.5 Å². The molecule has 0 saturated heterocycles. The Kier molecular flexibility index (Phi) is 5.78. The Morgan fingerprint density at radius 3 is 1.19 bits per heavy atom. The minimum absolute atomic E-state index is 0. The molecule has 2 aromatic carbocycles. The van der Waals surface area contributed by atoms with Crippen molar-refractivity contribution in [3.63, 3.8) is 0 Å². The van der Waals surface area contributed by atoms with Crippen LogP contribution in [0.1, 0.15) is 20.7 Å². The molecule has 0 aromatic heterocycles. The molecule has 0 spiro atoms. The van der Waals surface area contributed by atoms with Crippen LogP contribution < -0.4 is 0 Å². The summed E-state index contributed by atoms with van der Waals surface area (Å²) in [5, 5.41) is 25.4. The Balaban J connectivity index is 0.00000220. The van der Waals surface area contributed by atoms with E-state index in [1.807, 2.05) is 0 Å². The van der Waals surface area contributed by atoms with E-state index in [9.17, 15) is 9.59 Å². The van der Waals surface area contributed by atoms with E-state index in [1.54, 1.807) is 24.3 Å². The second-order valence-electron chi connectivity index (χ2n) is 3.90. The molecule has 6 nitrogen and oxygen atoms in total. The molecule has 1 radical (unpaired) electrons. The molecule has 0 heterocycles. The first-order chi connectivity index (χ1) is 9.56. The Hall–Kier alpha value is -2.50. The molecule has 0 unspecified atom stereocenters. The van der Waals surface area contributed by atoms with Crippen LogP contribution in [0.25, 0.3) is 0 Å². The van der Waals surface area contributed by atoms with E-state index in [0.29, 0.717) is 11.4 Å². The first kappa shape index (κ1) is 16.6. The molecule has 111 valence electrons. The van der Waals surface area contributed by atoms with Gasteiger partial charge in [0.1, 0.15) is 0 Å². The van der Waals surface area contributed by atoms with E-state index in [0.717, 1.165) is 0 Å². The summed E-state index contributed by atoms with van der Waals surface area (Å²) in [6, 6.07) is 11.9. The van der Waals surface area contributed by atoms with Crippen molar-refractivity contribution in [3.05, 3.63) is 59.7 Å². The summed E-state index contributed by atoms with van der Waals surface area (Å²) in [4.78, 5) is 21.4. The van der Waals surface area contributed by atoms with Gasteiger partial charge in [-0.3, -0.25) is 0 Å². The summed E-state index contributed by atoms with van der Waals surface area (Å²) in [6.07, 6.45) is 0. The van der Waals surface area contributed by atoms with Gasteiger partial charge in [0.2, 0.25) is 0 Å². The van der Waals surface area contributed by atoms with Gasteiger partial charge in [0, 0.05) is 17.1 Å². The quantitative estimate of drug-likeness (QED) is 0.660. The molecular weight excluding hydrogens is 324 g/mol. The summed E-state index contributed by atoms with van der Waals surface area (Å²) in [6.45, 7) is 0. The number of rotatable bonds is 4. The Morgan fingerprint density at radius 2 is 0.952 bits per heavy atom. The van der Waals surface area contributed by atoms with Crippen LogP contribution in [0.15, 0.2) is 58.8 Å². The fraction of sp³-hybridized carbons (Fsp3) is 0. The van der Waals surface area contributed by atoms with Gasteiger partial charge in [0.15, 0.2) is 0 Å². The van der Waals surface area contributed by atoms with Crippen LogP contribution >= 0.6 is 0 Å². The zero-order valence-electron chi connectivity index (χ0n) is 10.5. The summed E-state index contributed by atoms with van der Waals surface area (Å²) >= 11 is 0. The normalized spacial score (nSPS) is 10.1. The number of hydrogen-bond donors (Lipinski definition) is 2. The van der Waals surface area contributed by atoms with Crippen molar-refractivity contribution in [3.8, 4) is 0 Å². The van der Waals surface area contributed by atoms with Crippen LogP contribution in [-0.2, 0) is 17.1 Å². The van der Waals surface area contributed by atoms with Crippen molar-refractivity contribution < 1.29 is 36.9 Å². The molecule has 0 amide bonds. The van der Waals surface area contributed by atoms with Gasteiger partial charge in [-0.2, -0.15) is 10.2 Å². The van der Waals surface area contributed by atoms with Crippen LogP contribution in [0.4, 0.5) is 11.4 Å². The molecule has 0 bridgehead atoms. The van der Waals surface area contributed by atoms with Gasteiger partial charge in [0.25, 0.3) is 0 Å². The number of carboxylic acids is 2. The first-order valence-corrected chi connectivity index (χ1v) is 5.65. The average molecular weight is 334 g/mol. The van der Waals surface area contributed by atoms with E-state index in [4.69, 9.17) is 10.2 Å². The van der Waals surface area contributed by atoms with Crippen LogP contribution in [0.5, 0.6) is 0 Å². The van der Waals surface area contributed by atoms with Crippen molar-refractivity contribution >= 4 is 23.3 Å². The zero-order valence-corrected chi connectivity index (χ0v) is 11.5. The molecule has 0 aliphatic rings. The van der Waals surface area contributed by atoms with Crippen molar-refractivity contribution in [1.82, 2.24) is 0 Å². The smallest absolute Gasteiger partial charge is 0.335 e. The van der Waals surface area contributed by atoms with Crippen LogP contribution in [0, 0.1) is 0 Å². The molecule has 2 N–H and O–H groups in total. The summed E-state index contributed by atoms with van der Waals surface area (Å²) in [7, 11) is 0. The number of hydrogen-bond acceptors (Lipinski definition) is 4. The number of azo groups is 1. The number of benzene rings is 2. The minimum atomic E-state index is -1.00. The van der Waals surface area contributed by atoms with Gasteiger partial charge in [-0.25, -0.2) is 9.59 Å². The van der Waals surface area contributed by atoms with Crippen LogP contribution in [0.3, 0.4) is 0 Å². The molecule has 0 aliphatic heterocycles. The summed E-state index contributed by atoms with van der Waals surface area (Å²) in [5.41, 5.74) is 1.37. The number of carbonyl (C=O) groups is 2. The van der Waals surface area contributed by atoms with Gasteiger partial charge in [0.05, 0.1) is 22.5 Å².